The van der Waals surface area contributed by atoms with Crippen molar-refractivity contribution in [2.45, 2.75) is 38.4 Å². The number of carboxylic acids is 1. The lowest BCUT2D eigenvalue weighted by Gasteiger charge is -2.27. The van der Waals surface area contributed by atoms with Crippen LogP contribution in [0.3, 0.4) is 0 Å². The van der Waals surface area contributed by atoms with Crippen LogP contribution in [0.15, 0.2) is 18.2 Å². The molecular formula is C15H18N2O3. The summed E-state index contributed by atoms with van der Waals surface area (Å²) in [6.07, 6.45) is 3.12. The highest BCUT2D eigenvalue weighted by atomic mass is 16.4. The molecule has 20 heavy (non-hydrogen) atoms. The molecule has 0 saturated carbocycles. The van der Waals surface area contributed by atoms with Crippen molar-refractivity contribution in [2.24, 2.45) is 0 Å². The first kappa shape index (κ1) is 13.1. The van der Waals surface area contributed by atoms with Crippen molar-refractivity contribution < 1.29 is 14.7 Å². The van der Waals surface area contributed by atoms with E-state index in [9.17, 15) is 9.59 Å². The molecule has 2 N–H and O–H groups in total. The Morgan fingerprint density at radius 3 is 2.70 bits per heavy atom. The van der Waals surface area contributed by atoms with Gasteiger partial charge in [-0.25, -0.2) is 4.79 Å². The Balaban J connectivity index is 1.73. The summed E-state index contributed by atoms with van der Waals surface area (Å²) < 4.78 is 0. The number of nitrogens with zero attached hydrogens (tertiary/aromatic N) is 1. The fraction of sp³-hybridized carbons (Fsp3) is 0.467. The van der Waals surface area contributed by atoms with Crippen LogP contribution in [0.5, 0.6) is 0 Å². The van der Waals surface area contributed by atoms with Gasteiger partial charge < -0.3 is 15.3 Å². The maximum Gasteiger partial charge on any atom is 0.335 e. The Bertz CT molecular complexity index is 550. The average molecular weight is 274 g/mol. The monoisotopic (exact) mass is 274 g/mol. The van der Waals surface area contributed by atoms with Gasteiger partial charge in [-0.1, -0.05) is 12.5 Å². The first-order chi connectivity index (χ1) is 9.65. The Kier molecular flexibility index (Phi) is 3.44. The zero-order chi connectivity index (χ0) is 14.1. The van der Waals surface area contributed by atoms with Gasteiger partial charge in [0.2, 0.25) is 5.91 Å². The Morgan fingerprint density at radius 2 is 2.00 bits per heavy atom. The van der Waals surface area contributed by atoms with E-state index in [4.69, 9.17) is 5.11 Å². The first-order valence-electron chi connectivity index (χ1n) is 7.02. The van der Waals surface area contributed by atoms with Crippen LogP contribution in [0.25, 0.3) is 0 Å². The second-order valence-electron chi connectivity index (χ2n) is 5.49. The van der Waals surface area contributed by atoms with Gasteiger partial charge >= 0.3 is 5.97 Å². The van der Waals surface area contributed by atoms with Crippen molar-refractivity contribution in [3.8, 4) is 0 Å². The highest BCUT2D eigenvalue weighted by molar-refractivity contribution is 5.88. The fourth-order valence-electron chi connectivity index (χ4n) is 2.97. The summed E-state index contributed by atoms with van der Waals surface area (Å²) in [5.41, 5.74) is 2.29. The number of aromatic carboxylic acids is 1. The van der Waals surface area contributed by atoms with E-state index >= 15 is 0 Å². The number of hydrogen-bond donors (Lipinski definition) is 2. The molecule has 5 nitrogen and oxygen atoms in total. The van der Waals surface area contributed by atoms with Gasteiger partial charge in [-0.2, -0.15) is 0 Å². The molecule has 0 aliphatic carbocycles. The molecule has 1 aromatic rings. The van der Waals surface area contributed by atoms with Crippen molar-refractivity contribution in [3.05, 3.63) is 34.9 Å². The zero-order valence-corrected chi connectivity index (χ0v) is 11.3. The van der Waals surface area contributed by atoms with E-state index in [0.29, 0.717) is 13.1 Å². The van der Waals surface area contributed by atoms with E-state index in [1.165, 1.54) is 0 Å². The standard InChI is InChI=1S/C15H18N2O3/c18-14(13-3-1-2-6-16-13)17-8-11-5-4-10(15(19)20)7-12(11)9-17/h4-5,7,13,16H,1-3,6,8-9H2,(H,19,20). The molecule has 1 atom stereocenters. The van der Waals surface area contributed by atoms with Crippen LogP contribution in [-0.4, -0.2) is 34.5 Å². The lowest BCUT2D eigenvalue weighted by Crippen LogP contribution is -2.46. The van der Waals surface area contributed by atoms with Crippen LogP contribution in [0.2, 0.25) is 0 Å². The largest absolute Gasteiger partial charge is 0.478 e. The van der Waals surface area contributed by atoms with Crippen molar-refractivity contribution in [1.82, 2.24) is 10.2 Å². The number of amides is 1. The highest BCUT2D eigenvalue weighted by Gasteiger charge is 2.30. The summed E-state index contributed by atoms with van der Waals surface area (Å²) in [6.45, 7) is 2.01. The molecule has 1 saturated heterocycles. The lowest BCUT2D eigenvalue weighted by molar-refractivity contribution is -0.134. The first-order valence-corrected chi connectivity index (χ1v) is 7.02. The molecule has 1 unspecified atom stereocenters. The fourth-order valence-corrected chi connectivity index (χ4v) is 2.97. The quantitative estimate of drug-likeness (QED) is 0.854. The number of piperidine rings is 1. The van der Waals surface area contributed by atoms with Crippen molar-refractivity contribution in [2.75, 3.05) is 6.54 Å². The molecule has 106 valence electrons. The normalized spacial score (nSPS) is 21.6. The minimum atomic E-state index is -0.925. The number of nitrogens with one attached hydrogen (secondary N) is 1. The van der Waals surface area contributed by atoms with Crippen LogP contribution in [-0.2, 0) is 17.9 Å². The molecule has 0 bridgehead atoms. The molecule has 0 spiro atoms. The maximum atomic E-state index is 12.4. The van der Waals surface area contributed by atoms with Gasteiger partial charge in [-0.05, 0) is 42.6 Å². The molecule has 1 amide bonds. The maximum absolute atomic E-state index is 12.4. The van der Waals surface area contributed by atoms with Gasteiger partial charge in [0.15, 0.2) is 0 Å². The van der Waals surface area contributed by atoms with Crippen molar-refractivity contribution >= 4 is 11.9 Å². The number of hydrogen-bond acceptors (Lipinski definition) is 3. The molecule has 2 aliphatic rings. The molecule has 5 heteroatoms. The van der Waals surface area contributed by atoms with E-state index in [1.54, 1.807) is 12.1 Å². The van der Waals surface area contributed by atoms with Crippen LogP contribution < -0.4 is 5.32 Å². The van der Waals surface area contributed by atoms with Gasteiger partial charge in [-0.15, -0.1) is 0 Å². The second-order valence-corrected chi connectivity index (χ2v) is 5.49. The summed E-state index contributed by atoms with van der Waals surface area (Å²) in [4.78, 5) is 25.2. The number of carbonyl (C=O) groups is 2. The Morgan fingerprint density at radius 1 is 1.20 bits per heavy atom. The summed E-state index contributed by atoms with van der Waals surface area (Å²) in [5, 5.41) is 12.3. The predicted molar refractivity (Wildman–Crippen MR) is 73.3 cm³/mol. The molecular weight excluding hydrogens is 256 g/mol. The molecule has 3 rings (SSSR count). The van der Waals surface area contributed by atoms with Gasteiger partial charge in [-0.3, -0.25) is 4.79 Å². The van der Waals surface area contributed by atoms with Crippen LogP contribution in [0, 0.1) is 0 Å². The third-order valence-electron chi connectivity index (χ3n) is 4.10. The molecule has 2 aliphatic heterocycles. The van der Waals surface area contributed by atoms with E-state index in [0.717, 1.165) is 36.9 Å². The Labute approximate surface area is 117 Å². The number of carbonyl (C=O) groups excluding carboxylic acids is 1. The van der Waals surface area contributed by atoms with E-state index in [1.807, 2.05) is 11.0 Å². The highest BCUT2D eigenvalue weighted by Crippen LogP contribution is 2.25. The topological polar surface area (TPSA) is 69.6 Å². The van der Waals surface area contributed by atoms with Crippen molar-refractivity contribution in [3.63, 3.8) is 0 Å². The minimum absolute atomic E-state index is 0.0722. The number of rotatable bonds is 2. The third-order valence-corrected chi connectivity index (χ3v) is 4.10. The zero-order valence-electron chi connectivity index (χ0n) is 11.3. The van der Waals surface area contributed by atoms with Crippen molar-refractivity contribution in [1.29, 1.82) is 0 Å². The van der Waals surface area contributed by atoms with Gasteiger partial charge in [0.1, 0.15) is 0 Å². The van der Waals surface area contributed by atoms with E-state index < -0.39 is 5.97 Å². The Hall–Kier alpha value is -1.88. The summed E-state index contributed by atoms with van der Waals surface area (Å²) in [5.74, 6) is -0.788. The van der Waals surface area contributed by atoms with Crippen LogP contribution >= 0.6 is 0 Å². The molecule has 2 heterocycles. The summed E-state index contributed by atoms with van der Waals surface area (Å²) in [7, 11) is 0. The lowest BCUT2D eigenvalue weighted by atomic mass is 10.0. The molecule has 1 aromatic carbocycles. The smallest absolute Gasteiger partial charge is 0.335 e. The SMILES string of the molecule is O=C(O)c1ccc2c(c1)CN(C(=O)C1CCCCN1)C2. The molecule has 0 aromatic heterocycles. The number of carboxylic acid groups (broad SMARTS) is 1. The third kappa shape index (κ3) is 2.41. The molecule has 1 fully saturated rings. The van der Waals surface area contributed by atoms with E-state index in [-0.39, 0.29) is 17.5 Å². The van der Waals surface area contributed by atoms with Crippen LogP contribution in [0.4, 0.5) is 0 Å². The average Bonchev–Trinajstić information content (AvgIpc) is 2.90. The van der Waals surface area contributed by atoms with E-state index in [2.05, 4.69) is 5.32 Å². The predicted octanol–water partition coefficient (Wildman–Crippen LogP) is 1.37. The van der Waals surface area contributed by atoms with Gasteiger partial charge in [0.25, 0.3) is 0 Å². The number of benzene rings is 1. The van der Waals surface area contributed by atoms with Crippen LogP contribution in [0.1, 0.15) is 40.7 Å². The molecule has 0 radical (unpaired) electrons. The second kappa shape index (κ2) is 5.25. The number of fused-ring (bicyclic) bond motifs is 1. The minimum Gasteiger partial charge on any atom is -0.478 e. The summed E-state index contributed by atoms with van der Waals surface area (Å²) in [6, 6.07) is 5.03. The summed E-state index contributed by atoms with van der Waals surface area (Å²) >= 11 is 0. The van der Waals surface area contributed by atoms with Gasteiger partial charge in [0, 0.05) is 13.1 Å². The van der Waals surface area contributed by atoms with Gasteiger partial charge in [0.05, 0.1) is 11.6 Å².